The Hall–Kier alpha value is -2.57. The van der Waals surface area contributed by atoms with Crippen molar-refractivity contribution >= 4 is 5.91 Å². The van der Waals surface area contributed by atoms with Gasteiger partial charge in [0.2, 0.25) is 5.91 Å². The Morgan fingerprint density at radius 2 is 1.52 bits per heavy atom. The molecule has 21 heavy (non-hydrogen) atoms. The van der Waals surface area contributed by atoms with Crippen LogP contribution in [0.5, 0.6) is 0 Å². The summed E-state index contributed by atoms with van der Waals surface area (Å²) < 4.78 is 0. The standard InChI is InChI=1S/C18H18N2O/c1-2-13-19-17(21)14-20-18(15-9-5-3-6-10-15)16-11-7-4-8-12-16/h1,3-12,18,20H,13-14H2,(H,19,21). The smallest absolute Gasteiger partial charge is 0.234 e. The first-order chi connectivity index (χ1) is 10.3. The average molecular weight is 278 g/mol. The third kappa shape index (κ3) is 4.48. The van der Waals surface area contributed by atoms with Gasteiger partial charge in [0.1, 0.15) is 0 Å². The van der Waals surface area contributed by atoms with Gasteiger partial charge >= 0.3 is 0 Å². The van der Waals surface area contributed by atoms with Crippen molar-refractivity contribution in [3.05, 3.63) is 71.8 Å². The Morgan fingerprint density at radius 1 is 1.00 bits per heavy atom. The van der Waals surface area contributed by atoms with E-state index < -0.39 is 0 Å². The molecule has 0 spiro atoms. The molecule has 0 saturated carbocycles. The van der Waals surface area contributed by atoms with Gasteiger partial charge in [-0.25, -0.2) is 0 Å². The third-order valence-electron chi connectivity index (χ3n) is 3.12. The normalized spacial score (nSPS) is 10.1. The van der Waals surface area contributed by atoms with Crippen LogP contribution >= 0.6 is 0 Å². The Bertz CT molecular complexity index is 563. The summed E-state index contributed by atoms with van der Waals surface area (Å²) in [7, 11) is 0. The second-order valence-electron chi connectivity index (χ2n) is 4.62. The highest BCUT2D eigenvalue weighted by atomic mass is 16.1. The van der Waals surface area contributed by atoms with Crippen molar-refractivity contribution in [2.24, 2.45) is 0 Å². The van der Waals surface area contributed by atoms with Crippen molar-refractivity contribution in [3.8, 4) is 12.3 Å². The maximum atomic E-state index is 11.7. The lowest BCUT2D eigenvalue weighted by Crippen LogP contribution is -2.36. The fraction of sp³-hybridized carbons (Fsp3) is 0.167. The van der Waals surface area contributed by atoms with Crippen molar-refractivity contribution in [2.45, 2.75) is 6.04 Å². The largest absolute Gasteiger partial charge is 0.344 e. The summed E-state index contributed by atoms with van der Waals surface area (Å²) in [6.45, 7) is 0.470. The number of hydrogen-bond donors (Lipinski definition) is 2. The number of amides is 1. The van der Waals surface area contributed by atoms with E-state index in [1.165, 1.54) is 0 Å². The molecule has 106 valence electrons. The molecule has 3 heteroatoms. The monoisotopic (exact) mass is 278 g/mol. The highest BCUT2D eigenvalue weighted by molar-refractivity contribution is 5.78. The first-order valence-corrected chi connectivity index (χ1v) is 6.84. The summed E-state index contributed by atoms with van der Waals surface area (Å²) in [5.74, 6) is 2.28. The lowest BCUT2D eigenvalue weighted by molar-refractivity contribution is -0.120. The molecule has 0 bridgehead atoms. The van der Waals surface area contributed by atoms with E-state index in [0.29, 0.717) is 0 Å². The minimum absolute atomic E-state index is 0.0241. The van der Waals surface area contributed by atoms with Crippen LogP contribution in [0.4, 0.5) is 0 Å². The molecule has 0 radical (unpaired) electrons. The molecule has 3 nitrogen and oxygen atoms in total. The second-order valence-corrected chi connectivity index (χ2v) is 4.62. The number of carbonyl (C=O) groups excluding carboxylic acids is 1. The number of carbonyl (C=O) groups is 1. The molecule has 0 aromatic heterocycles. The molecule has 1 amide bonds. The molecule has 0 aliphatic heterocycles. The highest BCUT2D eigenvalue weighted by Gasteiger charge is 2.14. The van der Waals surface area contributed by atoms with Crippen LogP contribution in [0, 0.1) is 12.3 Å². The topological polar surface area (TPSA) is 41.1 Å². The zero-order valence-electron chi connectivity index (χ0n) is 11.8. The maximum Gasteiger partial charge on any atom is 0.234 e. The summed E-state index contributed by atoms with van der Waals surface area (Å²) in [4.78, 5) is 11.7. The molecular weight excluding hydrogens is 260 g/mol. The maximum absolute atomic E-state index is 11.7. The van der Waals surface area contributed by atoms with E-state index in [1.54, 1.807) is 0 Å². The lowest BCUT2D eigenvalue weighted by atomic mass is 9.99. The van der Waals surface area contributed by atoms with Crippen LogP contribution in [0.1, 0.15) is 17.2 Å². The van der Waals surface area contributed by atoms with Crippen molar-refractivity contribution < 1.29 is 4.79 Å². The second kappa shape index (κ2) is 7.88. The SMILES string of the molecule is C#CCNC(=O)CNC(c1ccccc1)c1ccccc1. The van der Waals surface area contributed by atoms with Crippen LogP contribution in [0.25, 0.3) is 0 Å². The van der Waals surface area contributed by atoms with Gasteiger partial charge in [0.15, 0.2) is 0 Å². The van der Waals surface area contributed by atoms with Crippen LogP contribution in [0.15, 0.2) is 60.7 Å². The van der Waals surface area contributed by atoms with Crippen LogP contribution in [0.2, 0.25) is 0 Å². The zero-order chi connectivity index (χ0) is 14.9. The summed E-state index contributed by atoms with van der Waals surface area (Å²) >= 11 is 0. The Labute approximate surface area is 125 Å². The van der Waals surface area contributed by atoms with Gasteiger partial charge in [0, 0.05) is 0 Å². The van der Waals surface area contributed by atoms with E-state index in [2.05, 4.69) is 16.6 Å². The molecule has 0 unspecified atom stereocenters. The molecule has 0 fully saturated rings. The van der Waals surface area contributed by atoms with Gasteiger partial charge in [0.05, 0.1) is 19.1 Å². The van der Waals surface area contributed by atoms with Crippen molar-refractivity contribution in [1.29, 1.82) is 0 Å². The van der Waals surface area contributed by atoms with Crippen LogP contribution in [-0.2, 0) is 4.79 Å². The predicted molar refractivity (Wildman–Crippen MR) is 84.6 cm³/mol. The predicted octanol–water partition coefficient (Wildman–Crippen LogP) is 2.11. The minimum atomic E-state index is -0.107. The first kappa shape index (κ1) is 14.8. The number of benzene rings is 2. The van der Waals surface area contributed by atoms with Crippen LogP contribution in [0.3, 0.4) is 0 Å². The number of terminal acetylenes is 1. The van der Waals surface area contributed by atoms with Crippen molar-refractivity contribution in [3.63, 3.8) is 0 Å². The fourth-order valence-corrected chi connectivity index (χ4v) is 2.13. The van der Waals surface area contributed by atoms with Gasteiger partial charge in [-0.05, 0) is 11.1 Å². The van der Waals surface area contributed by atoms with E-state index in [0.717, 1.165) is 11.1 Å². The summed E-state index contributed by atoms with van der Waals surface area (Å²) in [5.41, 5.74) is 2.24. The molecule has 0 heterocycles. The van der Waals surface area contributed by atoms with Gasteiger partial charge in [0.25, 0.3) is 0 Å². The average Bonchev–Trinajstić information content (AvgIpc) is 2.55. The van der Waals surface area contributed by atoms with E-state index in [1.807, 2.05) is 60.7 Å². The summed E-state index contributed by atoms with van der Waals surface area (Å²) in [6, 6.07) is 20.1. The van der Waals surface area contributed by atoms with E-state index in [4.69, 9.17) is 6.42 Å². The quantitative estimate of drug-likeness (QED) is 0.795. The Balaban J connectivity index is 2.11. The molecular formula is C18H18N2O. The minimum Gasteiger partial charge on any atom is -0.344 e. The Kier molecular flexibility index (Phi) is 5.57. The number of hydrogen-bond acceptors (Lipinski definition) is 2. The molecule has 2 aromatic rings. The fourth-order valence-electron chi connectivity index (χ4n) is 2.13. The molecule has 2 aromatic carbocycles. The zero-order valence-corrected chi connectivity index (χ0v) is 11.8. The summed E-state index contributed by atoms with van der Waals surface area (Å²) in [5, 5.41) is 5.93. The van der Waals surface area contributed by atoms with Crippen LogP contribution < -0.4 is 10.6 Å². The van der Waals surface area contributed by atoms with Gasteiger partial charge in [-0.1, -0.05) is 66.6 Å². The Morgan fingerprint density at radius 3 is 2.00 bits per heavy atom. The van der Waals surface area contributed by atoms with Gasteiger partial charge in [-0.2, -0.15) is 0 Å². The highest BCUT2D eigenvalue weighted by Crippen LogP contribution is 2.21. The molecule has 0 aliphatic carbocycles. The van der Waals surface area contributed by atoms with Gasteiger partial charge in [-0.3, -0.25) is 10.1 Å². The van der Waals surface area contributed by atoms with Crippen molar-refractivity contribution in [2.75, 3.05) is 13.1 Å². The lowest BCUT2D eigenvalue weighted by Gasteiger charge is -2.19. The first-order valence-electron chi connectivity index (χ1n) is 6.84. The third-order valence-corrected chi connectivity index (χ3v) is 3.12. The summed E-state index contributed by atoms with van der Waals surface area (Å²) in [6.07, 6.45) is 5.13. The number of rotatable bonds is 6. The van der Waals surface area contributed by atoms with Gasteiger partial charge < -0.3 is 5.32 Å². The van der Waals surface area contributed by atoms with E-state index >= 15 is 0 Å². The molecule has 2 N–H and O–H groups in total. The molecule has 2 rings (SSSR count). The van der Waals surface area contributed by atoms with Crippen LogP contribution in [-0.4, -0.2) is 19.0 Å². The van der Waals surface area contributed by atoms with E-state index in [-0.39, 0.29) is 25.0 Å². The molecule has 0 aliphatic rings. The van der Waals surface area contributed by atoms with Gasteiger partial charge in [-0.15, -0.1) is 6.42 Å². The molecule has 0 atom stereocenters. The number of nitrogens with one attached hydrogen (secondary N) is 2. The molecule has 0 saturated heterocycles. The van der Waals surface area contributed by atoms with Crippen molar-refractivity contribution in [1.82, 2.24) is 10.6 Å². The van der Waals surface area contributed by atoms with E-state index in [9.17, 15) is 4.79 Å².